The largest absolute Gasteiger partial charge is 0.496 e. The molecular weight excluding hydrogens is 1160 g/mol. The number of nitrogens with one attached hydrogen (secondary N) is 9. The number of methoxy groups -OCH3 is 4. The second-order valence-electron chi connectivity index (χ2n) is 19.4. The Morgan fingerprint density at radius 3 is 1.00 bits per heavy atom. The summed E-state index contributed by atoms with van der Waals surface area (Å²) in [6.07, 6.45) is 0.935. The number of guanidine groups is 2. The molecule has 0 radical (unpaired) electrons. The van der Waals surface area contributed by atoms with E-state index in [1.165, 1.54) is 101 Å². The summed E-state index contributed by atoms with van der Waals surface area (Å²) >= 11 is 0. The van der Waals surface area contributed by atoms with Gasteiger partial charge in [-0.1, -0.05) is 0 Å². The number of carbonyl (C=O) groups excluding carboxylic acids is 10. The van der Waals surface area contributed by atoms with Gasteiger partial charge in [0.15, 0.2) is 11.9 Å². The zero-order valence-electron chi connectivity index (χ0n) is 49.5. The first-order valence-corrected chi connectivity index (χ1v) is 27.5. The third-order valence-corrected chi connectivity index (χ3v) is 12.9. The molecule has 4 aromatic rings. The summed E-state index contributed by atoms with van der Waals surface area (Å²) in [5.74, 6) is -6.30. The van der Waals surface area contributed by atoms with Crippen LogP contribution in [0.1, 0.15) is 92.8 Å². The summed E-state index contributed by atoms with van der Waals surface area (Å²) in [5.41, 5.74) is 44.0. The lowest BCUT2D eigenvalue weighted by atomic mass is 10.1. The third-order valence-electron chi connectivity index (χ3n) is 12.9. The van der Waals surface area contributed by atoms with Gasteiger partial charge in [-0.25, -0.2) is 9.59 Å². The molecule has 0 unspecified atom stereocenters. The number of hydrogen-bond donors (Lipinski definition) is 17. The SMILES string of the molecule is COc1ccc(NC(=O)[C@@H](CCCN=C(N)N)NC(=O)c2cc(NC(=O)[C@@H](CCCNC(N)=O)NC(=O)c3cc(NC(=O)[C@@H](CCCN=C(N)N)NC(=O)c4cc(NC(=O)[C@H](N)CCCNC(N)=O)ccc4OC)ccc3OC)ccc2OC)cc1C(N)=O. The van der Waals surface area contributed by atoms with E-state index in [2.05, 4.69) is 57.8 Å². The molecule has 4 atom stereocenters. The van der Waals surface area contributed by atoms with Crippen molar-refractivity contribution in [2.45, 2.75) is 75.5 Å². The number of aliphatic imine (C=N–C) groups is 2. The van der Waals surface area contributed by atoms with Gasteiger partial charge >= 0.3 is 12.1 Å². The molecule has 480 valence electrons. The van der Waals surface area contributed by atoms with E-state index in [4.69, 9.17) is 64.8 Å². The molecule has 4 rings (SSSR count). The van der Waals surface area contributed by atoms with E-state index in [1.54, 1.807) is 0 Å². The second-order valence-corrected chi connectivity index (χ2v) is 19.4. The van der Waals surface area contributed by atoms with Gasteiger partial charge in [0.2, 0.25) is 23.6 Å². The molecule has 0 heterocycles. The van der Waals surface area contributed by atoms with Crippen molar-refractivity contribution in [3.63, 3.8) is 0 Å². The predicted octanol–water partition coefficient (Wildman–Crippen LogP) is -0.699. The number of primary amides is 3. The van der Waals surface area contributed by atoms with Crippen molar-refractivity contribution in [2.75, 3.05) is 75.9 Å². The maximum Gasteiger partial charge on any atom is 0.312 e. The van der Waals surface area contributed by atoms with Crippen LogP contribution in [-0.4, -0.2) is 150 Å². The van der Waals surface area contributed by atoms with Crippen LogP contribution in [0.25, 0.3) is 0 Å². The van der Waals surface area contributed by atoms with E-state index in [0.717, 1.165) is 0 Å². The Morgan fingerprint density at radius 2 is 0.697 bits per heavy atom. The Bertz CT molecular complexity index is 3260. The average Bonchev–Trinajstić information content (AvgIpc) is 2.33. The number of nitrogens with zero attached hydrogens (tertiary/aromatic N) is 2. The predicted molar refractivity (Wildman–Crippen MR) is 330 cm³/mol. The summed E-state index contributed by atoms with van der Waals surface area (Å²) in [5, 5.41) is 23.6. The lowest BCUT2D eigenvalue weighted by Gasteiger charge is -2.22. The monoisotopic (exact) mass is 1240 g/mol. The van der Waals surface area contributed by atoms with Crippen molar-refractivity contribution in [1.29, 1.82) is 0 Å². The number of rotatable bonds is 35. The van der Waals surface area contributed by atoms with Crippen LogP contribution < -0.4 is 113 Å². The highest BCUT2D eigenvalue weighted by Crippen LogP contribution is 2.28. The number of hydrogen-bond acceptors (Lipinski definition) is 17. The number of amides is 12. The summed E-state index contributed by atoms with van der Waals surface area (Å²) in [6.45, 7) is 0.353. The van der Waals surface area contributed by atoms with Crippen LogP contribution in [0.15, 0.2) is 82.8 Å². The average molecular weight is 1240 g/mol. The lowest BCUT2D eigenvalue weighted by Crippen LogP contribution is -2.45. The molecule has 33 nitrogen and oxygen atoms in total. The van der Waals surface area contributed by atoms with E-state index in [0.29, 0.717) is 6.42 Å². The molecule has 0 saturated carbocycles. The van der Waals surface area contributed by atoms with Gasteiger partial charge in [0.25, 0.3) is 23.6 Å². The van der Waals surface area contributed by atoms with Crippen molar-refractivity contribution in [3.8, 4) is 23.0 Å². The number of anilines is 4. The minimum absolute atomic E-state index is 0.00528. The van der Waals surface area contributed by atoms with Gasteiger partial charge in [-0.2, -0.15) is 0 Å². The Morgan fingerprint density at radius 1 is 0.404 bits per heavy atom. The van der Waals surface area contributed by atoms with E-state index >= 15 is 0 Å². The van der Waals surface area contributed by atoms with E-state index in [-0.39, 0.29) is 151 Å². The van der Waals surface area contributed by atoms with Crippen molar-refractivity contribution >= 4 is 94.0 Å². The number of carbonyl (C=O) groups is 10. The van der Waals surface area contributed by atoms with Crippen LogP contribution in [0.3, 0.4) is 0 Å². The van der Waals surface area contributed by atoms with E-state index in [9.17, 15) is 47.9 Å². The van der Waals surface area contributed by atoms with Gasteiger partial charge in [-0.3, -0.25) is 48.3 Å². The fourth-order valence-corrected chi connectivity index (χ4v) is 8.49. The molecule has 0 spiro atoms. The Kier molecular flexibility index (Phi) is 28.0. The minimum Gasteiger partial charge on any atom is -0.496 e. The Labute approximate surface area is 511 Å². The number of ether oxygens (including phenoxy) is 4. The molecule has 12 amide bonds. The molecule has 89 heavy (non-hydrogen) atoms. The molecule has 0 aliphatic carbocycles. The fourth-order valence-electron chi connectivity index (χ4n) is 8.49. The third kappa shape index (κ3) is 23.0. The molecule has 0 fully saturated rings. The van der Waals surface area contributed by atoms with E-state index in [1.807, 2.05) is 0 Å². The first kappa shape index (κ1) is 70.4. The number of benzene rings is 4. The van der Waals surface area contributed by atoms with E-state index < -0.39 is 83.5 Å². The van der Waals surface area contributed by atoms with Crippen LogP contribution in [0.2, 0.25) is 0 Å². The molecule has 4 aromatic carbocycles. The van der Waals surface area contributed by atoms with Crippen LogP contribution in [0, 0.1) is 0 Å². The smallest absolute Gasteiger partial charge is 0.312 e. The summed E-state index contributed by atoms with van der Waals surface area (Å²) in [7, 11) is 5.22. The van der Waals surface area contributed by atoms with Crippen LogP contribution in [-0.2, 0) is 19.2 Å². The molecule has 25 N–H and O–H groups in total. The fraction of sp³-hybridized carbons (Fsp3) is 0.357. The van der Waals surface area contributed by atoms with Gasteiger partial charge in [-0.15, -0.1) is 0 Å². The normalized spacial score (nSPS) is 11.9. The van der Waals surface area contributed by atoms with Crippen LogP contribution >= 0.6 is 0 Å². The van der Waals surface area contributed by atoms with Gasteiger partial charge in [0, 0.05) is 48.9 Å². The quantitative estimate of drug-likeness (QED) is 0.0154. The first-order valence-electron chi connectivity index (χ1n) is 27.5. The standard InChI is InChI=1S/C56H77N19O14/c1-86-41-17-13-29(25-33(41)45(58)76)70-50(81)38(10-6-21-65-53(59)60)73-47(78)35-28-32(16-20-43(35)88-3)72-52(83)40(12-8-24-68-56(64)85)75-48(79)36-27-31(15-19-44(36)89-4)71-51(82)39(11-7-22-66-54(61)62)74-46(77)34-26-30(14-18-42(34)87-2)69-49(80)37(57)9-5-23-67-55(63)84/h13-20,25-28,37-40H,5-12,21-24,57H2,1-4H3,(H2,58,76)(H,69,80)(H,70,81)(H,71,82)(H,72,83)(H,73,78)(H,74,77)(H,75,79)(H4,59,60,65)(H4,61,62,66)(H3,63,67,84)(H3,64,68,85)/t37-,38-,39-,40-/m1/s1. The summed E-state index contributed by atoms with van der Waals surface area (Å²) < 4.78 is 21.6. The zero-order valence-corrected chi connectivity index (χ0v) is 49.5. The number of urea groups is 2. The van der Waals surface area contributed by atoms with Gasteiger partial charge < -0.3 is 113 Å². The van der Waals surface area contributed by atoms with Crippen LogP contribution in [0.4, 0.5) is 32.3 Å². The van der Waals surface area contributed by atoms with Crippen molar-refractivity contribution in [1.82, 2.24) is 26.6 Å². The minimum atomic E-state index is -1.37. The van der Waals surface area contributed by atoms with Crippen molar-refractivity contribution < 1.29 is 66.9 Å². The molecule has 0 aliphatic heterocycles. The van der Waals surface area contributed by atoms with Crippen molar-refractivity contribution in [2.24, 2.45) is 55.9 Å². The van der Waals surface area contributed by atoms with Gasteiger partial charge in [0.1, 0.15) is 41.1 Å². The highest BCUT2D eigenvalue weighted by Gasteiger charge is 2.29. The second kappa shape index (κ2) is 35.4. The maximum atomic E-state index is 14.3. The highest BCUT2D eigenvalue weighted by atomic mass is 16.5. The number of nitrogens with two attached hydrogens (primary N) is 8. The molecular formula is C56H77N19O14. The Hall–Kier alpha value is -11.1. The maximum absolute atomic E-state index is 14.3. The zero-order chi connectivity index (χ0) is 65.7. The topological polar surface area (TPSA) is 549 Å². The molecule has 0 aromatic heterocycles. The molecule has 0 saturated heterocycles. The van der Waals surface area contributed by atoms with Crippen LogP contribution in [0.5, 0.6) is 23.0 Å². The lowest BCUT2D eigenvalue weighted by molar-refractivity contribution is -0.118. The molecule has 33 heteroatoms. The first-order chi connectivity index (χ1) is 42.4. The highest BCUT2D eigenvalue weighted by molar-refractivity contribution is 6.08. The van der Waals surface area contributed by atoms with Gasteiger partial charge in [-0.05, 0) is 124 Å². The molecule has 0 bridgehead atoms. The summed E-state index contributed by atoms with van der Waals surface area (Å²) in [4.78, 5) is 140. The molecule has 0 aliphatic rings. The van der Waals surface area contributed by atoms with Gasteiger partial charge in [0.05, 0.1) is 56.7 Å². The van der Waals surface area contributed by atoms with Crippen molar-refractivity contribution in [3.05, 3.63) is 95.1 Å². The summed E-state index contributed by atoms with van der Waals surface area (Å²) in [6, 6.07) is 10.1. The Balaban J connectivity index is 1.60.